The van der Waals surface area contributed by atoms with Gasteiger partial charge in [-0.1, -0.05) is 95.5 Å². The van der Waals surface area contributed by atoms with E-state index in [0.717, 1.165) is 24.2 Å². The molecular formula is C28H38N2O2. The molecule has 0 N–H and O–H groups in total. The molecule has 1 aliphatic rings. The summed E-state index contributed by atoms with van der Waals surface area (Å²) in [6.07, 6.45) is 11.3. The Kier molecular flexibility index (Phi) is 9.33. The largest absolute Gasteiger partial charge is 0.310 e. The highest BCUT2D eigenvalue weighted by Gasteiger charge is 2.33. The first-order valence-corrected chi connectivity index (χ1v) is 12.4. The fourth-order valence-electron chi connectivity index (χ4n) is 4.50. The van der Waals surface area contributed by atoms with Crippen LogP contribution in [0.1, 0.15) is 82.0 Å². The topological polar surface area (TPSA) is 40.6 Å². The zero-order valence-electron chi connectivity index (χ0n) is 19.8. The van der Waals surface area contributed by atoms with Gasteiger partial charge in [-0.2, -0.15) is 0 Å². The first kappa shape index (κ1) is 24.0. The zero-order chi connectivity index (χ0) is 22.8. The Hall–Kier alpha value is -2.62. The second-order valence-corrected chi connectivity index (χ2v) is 8.99. The number of carbonyl (C=O) groups is 2. The van der Waals surface area contributed by atoms with Crippen LogP contribution in [0.2, 0.25) is 0 Å². The van der Waals surface area contributed by atoms with Crippen molar-refractivity contribution >= 4 is 23.2 Å². The Labute approximate surface area is 193 Å². The van der Waals surface area contributed by atoms with Crippen molar-refractivity contribution in [3.8, 4) is 0 Å². The summed E-state index contributed by atoms with van der Waals surface area (Å²) in [5, 5.41) is 0. The number of nitrogens with zero attached hydrogens (tertiary/aromatic N) is 2. The summed E-state index contributed by atoms with van der Waals surface area (Å²) in [7, 11) is 0. The Morgan fingerprint density at radius 3 is 2.03 bits per heavy atom. The summed E-state index contributed by atoms with van der Waals surface area (Å²) in [6.45, 7) is 5.30. The maximum atomic E-state index is 13.3. The lowest BCUT2D eigenvalue weighted by atomic mass is 10.1. The minimum Gasteiger partial charge on any atom is -0.310 e. The van der Waals surface area contributed by atoms with Crippen LogP contribution in [0.5, 0.6) is 0 Å². The molecule has 0 radical (unpaired) electrons. The maximum Gasteiger partial charge on any atom is 0.258 e. The summed E-state index contributed by atoms with van der Waals surface area (Å²) in [5.41, 5.74) is 2.33. The van der Waals surface area contributed by atoms with E-state index in [1.165, 1.54) is 44.9 Å². The fourth-order valence-corrected chi connectivity index (χ4v) is 4.50. The van der Waals surface area contributed by atoms with Crippen molar-refractivity contribution in [2.75, 3.05) is 22.9 Å². The number of anilines is 2. The van der Waals surface area contributed by atoms with Gasteiger partial charge in [0.15, 0.2) is 0 Å². The molecular weight excluding hydrogens is 396 g/mol. The number of hydrogen-bond donors (Lipinski definition) is 0. The van der Waals surface area contributed by atoms with Gasteiger partial charge in [0.25, 0.3) is 5.91 Å². The monoisotopic (exact) mass is 434 g/mol. The highest BCUT2D eigenvalue weighted by Crippen LogP contribution is 2.35. The first-order valence-electron chi connectivity index (χ1n) is 12.4. The molecule has 0 aromatic heterocycles. The van der Waals surface area contributed by atoms with Gasteiger partial charge >= 0.3 is 0 Å². The second-order valence-electron chi connectivity index (χ2n) is 8.99. The summed E-state index contributed by atoms with van der Waals surface area (Å²) in [4.78, 5) is 30.3. The maximum absolute atomic E-state index is 13.3. The molecule has 2 aromatic carbocycles. The molecule has 0 saturated heterocycles. The van der Waals surface area contributed by atoms with Gasteiger partial charge in [-0.15, -0.1) is 0 Å². The van der Waals surface area contributed by atoms with E-state index in [9.17, 15) is 9.59 Å². The fraction of sp³-hybridized carbons (Fsp3) is 0.500. The average Bonchev–Trinajstić information content (AvgIpc) is 2.93. The average molecular weight is 435 g/mol. The summed E-state index contributed by atoms with van der Waals surface area (Å²) in [5.74, 6) is -0.184. The smallest absolute Gasteiger partial charge is 0.258 e. The molecule has 1 aliphatic heterocycles. The summed E-state index contributed by atoms with van der Waals surface area (Å²) < 4.78 is 0. The van der Waals surface area contributed by atoms with Crippen LogP contribution in [-0.2, 0) is 4.79 Å². The third kappa shape index (κ3) is 6.21. The van der Waals surface area contributed by atoms with E-state index in [1.54, 1.807) is 4.90 Å². The van der Waals surface area contributed by atoms with Gasteiger partial charge in [-0.3, -0.25) is 9.59 Å². The van der Waals surface area contributed by atoms with E-state index < -0.39 is 0 Å². The van der Waals surface area contributed by atoms with Crippen LogP contribution in [0.4, 0.5) is 11.4 Å². The lowest BCUT2D eigenvalue weighted by molar-refractivity contribution is -0.121. The molecule has 2 amide bonds. The van der Waals surface area contributed by atoms with Crippen LogP contribution in [0.3, 0.4) is 0 Å². The number of benzene rings is 2. The van der Waals surface area contributed by atoms with Crippen LogP contribution in [0, 0.1) is 5.92 Å². The van der Waals surface area contributed by atoms with Gasteiger partial charge in [-0.05, 0) is 30.7 Å². The van der Waals surface area contributed by atoms with Gasteiger partial charge in [0.1, 0.15) is 0 Å². The number of hydrogen-bond acceptors (Lipinski definition) is 2. The Bertz CT molecular complexity index is 865. The lowest BCUT2D eigenvalue weighted by Crippen LogP contribution is -2.38. The van der Waals surface area contributed by atoms with Gasteiger partial charge in [0, 0.05) is 18.7 Å². The molecule has 4 heteroatoms. The van der Waals surface area contributed by atoms with Crippen molar-refractivity contribution in [2.45, 2.75) is 71.6 Å². The quantitative estimate of drug-likeness (QED) is 0.363. The molecule has 1 unspecified atom stereocenters. The highest BCUT2D eigenvalue weighted by atomic mass is 16.2. The number of fused-ring (bicyclic) bond motifs is 1. The first-order chi connectivity index (χ1) is 15.6. The van der Waals surface area contributed by atoms with Crippen LogP contribution in [0.25, 0.3) is 0 Å². The molecule has 0 aliphatic carbocycles. The molecule has 32 heavy (non-hydrogen) atoms. The van der Waals surface area contributed by atoms with Gasteiger partial charge in [0.2, 0.25) is 5.91 Å². The van der Waals surface area contributed by atoms with Crippen molar-refractivity contribution < 1.29 is 9.59 Å². The molecule has 2 aromatic rings. The van der Waals surface area contributed by atoms with E-state index in [-0.39, 0.29) is 17.7 Å². The number of amides is 2. The van der Waals surface area contributed by atoms with Crippen molar-refractivity contribution in [1.29, 1.82) is 0 Å². The Morgan fingerprint density at radius 1 is 0.812 bits per heavy atom. The molecule has 3 rings (SSSR count). The van der Waals surface area contributed by atoms with Crippen molar-refractivity contribution in [1.82, 2.24) is 0 Å². The third-order valence-corrected chi connectivity index (χ3v) is 6.36. The molecule has 0 fully saturated rings. The van der Waals surface area contributed by atoms with Crippen LogP contribution >= 0.6 is 0 Å². The third-order valence-electron chi connectivity index (χ3n) is 6.36. The summed E-state index contributed by atoms with van der Waals surface area (Å²) >= 11 is 0. The van der Waals surface area contributed by atoms with E-state index in [4.69, 9.17) is 0 Å². The van der Waals surface area contributed by atoms with Gasteiger partial charge in [0.05, 0.1) is 17.3 Å². The van der Waals surface area contributed by atoms with E-state index in [2.05, 4.69) is 6.92 Å². The number of para-hydroxylation sites is 2. The predicted octanol–water partition coefficient (Wildman–Crippen LogP) is 6.85. The number of carbonyl (C=O) groups excluding carboxylic acids is 2. The van der Waals surface area contributed by atoms with Crippen molar-refractivity contribution in [3.05, 3.63) is 60.2 Å². The van der Waals surface area contributed by atoms with E-state index in [0.29, 0.717) is 18.7 Å². The number of unbranched alkanes of at least 4 members (excludes halogenated alkanes) is 8. The minimum atomic E-state index is -0.242. The lowest BCUT2D eigenvalue weighted by Gasteiger charge is -2.25. The number of rotatable bonds is 11. The predicted molar refractivity (Wildman–Crippen MR) is 133 cm³/mol. The van der Waals surface area contributed by atoms with Gasteiger partial charge < -0.3 is 9.80 Å². The normalized spacial score (nSPS) is 16.1. The zero-order valence-corrected chi connectivity index (χ0v) is 19.8. The van der Waals surface area contributed by atoms with Crippen molar-refractivity contribution in [3.63, 3.8) is 0 Å². The van der Waals surface area contributed by atoms with E-state index >= 15 is 0 Å². The van der Waals surface area contributed by atoms with Crippen LogP contribution in [0.15, 0.2) is 54.6 Å². The van der Waals surface area contributed by atoms with Gasteiger partial charge in [-0.25, -0.2) is 0 Å². The molecule has 0 bridgehead atoms. The molecule has 4 nitrogen and oxygen atoms in total. The standard InChI is InChI=1S/C28H38N2O2/c1-3-4-5-6-7-8-9-10-16-21-29-25-19-14-15-20-26(25)30(22-23(2)27(29)31)28(32)24-17-12-11-13-18-24/h11-15,17-20,23H,3-10,16,21-22H2,1-2H3. The SMILES string of the molecule is CCCCCCCCCCCN1C(=O)C(C)CN(C(=O)c2ccccc2)c2ccccc21. The van der Waals surface area contributed by atoms with Crippen LogP contribution in [-0.4, -0.2) is 24.9 Å². The molecule has 172 valence electrons. The van der Waals surface area contributed by atoms with E-state index in [1.807, 2.05) is 66.4 Å². The molecule has 0 saturated carbocycles. The van der Waals surface area contributed by atoms with Crippen molar-refractivity contribution in [2.24, 2.45) is 5.92 Å². The molecule has 1 heterocycles. The minimum absolute atomic E-state index is 0.0531. The molecule has 1 atom stereocenters. The van der Waals surface area contributed by atoms with Crippen LogP contribution < -0.4 is 9.80 Å². The molecule has 0 spiro atoms. The second kappa shape index (κ2) is 12.4. The Balaban J connectivity index is 1.66. The summed E-state index contributed by atoms with van der Waals surface area (Å²) in [6, 6.07) is 17.2. The Morgan fingerprint density at radius 2 is 1.38 bits per heavy atom. The highest BCUT2D eigenvalue weighted by molar-refractivity contribution is 6.11.